The maximum absolute atomic E-state index is 13.4. The van der Waals surface area contributed by atoms with Crippen LogP contribution in [-0.2, 0) is 6.54 Å². The van der Waals surface area contributed by atoms with Gasteiger partial charge in [0.15, 0.2) is 5.13 Å². The maximum atomic E-state index is 13.4. The molecule has 0 aliphatic rings. The van der Waals surface area contributed by atoms with Crippen LogP contribution in [0.5, 0.6) is 5.75 Å². The number of fused-ring (bicyclic) bond motifs is 1. The molecule has 0 unspecified atom stereocenters. The first-order chi connectivity index (χ1) is 14.2. The average molecular weight is 407 g/mol. The van der Waals surface area contributed by atoms with E-state index in [2.05, 4.69) is 5.10 Å². The lowest BCUT2D eigenvalue weighted by Gasteiger charge is -2.20. The Morgan fingerprint density at radius 3 is 2.83 bits per heavy atom. The van der Waals surface area contributed by atoms with E-state index in [0.29, 0.717) is 30.4 Å². The number of para-hydroxylation sites is 1. The van der Waals surface area contributed by atoms with Crippen molar-refractivity contribution in [1.82, 2.24) is 14.8 Å². The number of aryl methyl sites for hydroxylation is 1. The summed E-state index contributed by atoms with van der Waals surface area (Å²) in [5.41, 5.74) is 2.48. The molecule has 29 heavy (non-hydrogen) atoms. The summed E-state index contributed by atoms with van der Waals surface area (Å²) in [6.07, 6.45) is 3.62. The maximum Gasteiger partial charge on any atom is 0.260 e. The number of amides is 1. The monoisotopic (exact) mass is 406 g/mol. The molecule has 6 nitrogen and oxygen atoms in total. The highest BCUT2D eigenvalue weighted by Gasteiger charge is 2.22. The van der Waals surface area contributed by atoms with Gasteiger partial charge in [0, 0.05) is 24.5 Å². The van der Waals surface area contributed by atoms with E-state index in [9.17, 15) is 4.79 Å². The van der Waals surface area contributed by atoms with Crippen LogP contribution in [0, 0.1) is 6.92 Å². The van der Waals surface area contributed by atoms with Gasteiger partial charge in [-0.25, -0.2) is 4.98 Å². The predicted octanol–water partition coefficient (Wildman–Crippen LogP) is 4.55. The second-order valence-electron chi connectivity index (χ2n) is 6.63. The number of nitrogens with zero attached hydrogens (tertiary/aromatic N) is 4. The zero-order valence-electron chi connectivity index (χ0n) is 16.4. The summed E-state index contributed by atoms with van der Waals surface area (Å²) in [6.45, 7) is 5.55. The molecule has 2 heterocycles. The summed E-state index contributed by atoms with van der Waals surface area (Å²) < 4.78 is 8.53. The lowest BCUT2D eigenvalue weighted by atomic mass is 10.1. The Balaban J connectivity index is 1.72. The van der Waals surface area contributed by atoms with Gasteiger partial charge in [0.2, 0.25) is 0 Å². The van der Waals surface area contributed by atoms with Crippen LogP contribution in [-0.4, -0.2) is 33.8 Å². The van der Waals surface area contributed by atoms with Crippen molar-refractivity contribution >= 4 is 32.6 Å². The van der Waals surface area contributed by atoms with Gasteiger partial charge in [-0.1, -0.05) is 35.1 Å². The summed E-state index contributed by atoms with van der Waals surface area (Å²) in [6, 6.07) is 15.4. The van der Waals surface area contributed by atoms with E-state index < -0.39 is 0 Å². The SMILES string of the molecule is CCOc1cccc2sc(N(CCn3cccn3)C(=O)c3cccc(C)c3)nc12. The average Bonchev–Trinajstić information content (AvgIpc) is 3.38. The number of thiazole rings is 1. The zero-order valence-corrected chi connectivity index (χ0v) is 17.2. The fraction of sp³-hybridized carbons (Fsp3) is 0.227. The number of ether oxygens (including phenoxy) is 1. The number of aromatic nitrogens is 3. The first-order valence-electron chi connectivity index (χ1n) is 9.54. The number of carbonyl (C=O) groups is 1. The third kappa shape index (κ3) is 4.14. The minimum atomic E-state index is -0.0714. The number of rotatable bonds is 7. The molecule has 0 aliphatic heterocycles. The zero-order chi connectivity index (χ0) is 20.2. The molecular weight excluding hydrogens is 384 g/mol. The van der Waals surface area contributed by atoms with Crippen molar-refractivity contribution in [2.45, 2.75) is 20.4 Å². The molecule has 0 atom stereocenters. The third-order valence-corrected chi connectivity index (χ3v) is 5.57. The van der Waals surface area contributed by atoms with Crippen molar-refractivity contribution < 1.29 is 9.53 Å². The molecular formula is C22H22N4O2S. The molecule has 0 bridgehead atoms. The summed E-state index contributed by atoms with van der Waals surface area (Å²) in [4.78, 5) is 19.9. The number of hydrogen-bond acceptors (Lipinski definition) is 5. The number of anilines is 1. The minimum Gasteiger partial charge on any atom is -0.492 e. The van der Waals surface area contributed by atoms with E-state index in [4.69, 9.17) is 9.72 Å². The molecule has 1 amide bonds. The van der Waals surface area contributed by atoms with Gasteiger partial charge < -0.3 is 4.74 Å². The highest BCUT2D eigenvalue weighted by molar-refractivity contribution is 7.22. The summed E-state index contributed by atoms with van der Waals surface area (Å²) in [5, 5.41) is 4.91. The van der Waals surface area contributed by atoms with E-state index in [0.717, 1.165) is 21.5 Å². The molecule has 2 aromatic carbocycles. The Labute approximate surface area is 173 Å². The van der Waals surface area contributed by atoms with Crippen molar-refractivity contribution in [3.8, 4) is 5.75 Å². The predicted molar refractivity (Wildman–Crippen MR) is 116 cm³/mol. The van der Waals surface area contributed by atoms with E-state index in [1.807, 2.05) is 73.3 Å². The van der Waals surface area contributed by atoms with Gasteiger partial charge in [-0.15, -0.1) is 0 Å². The Bertz CT molecular complexity index is 1120. The quantitative estimate of drug-likeness (QED) is 0.452. The van der Waals surface area contributed by atoms with Crippen molar-refractivity contribution in [1.29, 1.82) is 0 Å². The topological polar surface area (TPSA) is 60.2 Å². The Morgan fingerprint density at radius 2 is 2.07 bits per heavy atom. The largest absolute Gasteiger partial charge is 0.492 e. The smallest absolute Gasteiger partial charge is 0.260 e. The Kier molecular flexibility index (Phi) is 5.57. The normalized spacial score (nSPS) is 11.0. The van der Waals surface area contributed by atoms with Crippen LogP contribution in [0.1, 0.15) is 22.8 Å². The van der Waals surface area contributed by atoms with Gasteiger partial charge in [0.1, 0.15) is 11.3 Å². The number of carbonyl (C=O) groups excluding carboxylic acids is 1. The second kappa shape index (κ2) is 8.45. The van der Waals surface area contributed by atoms with Crippen LogP contribution in [0.2, 0.25) is 0 Å². The molecule has 0 saturated heterocycles. The van der Waals surface area contributed by atoms with Crippen LogP contribution in [0.3, 0.4) is 0 Å². The van der Waals surface area contributed by atoms with Gasteiger partial charge >= 0.3 is 0 Å². The lowest BCUT2D eigenvalue weighted by Crippen LogP contribution is -2.34. The van der Waals surface area contributed by atoms with Gasteiger partial charge in [0.05, 0.1) is 17.9 Å². The number of benzene rings is 2. The van der Waals surface area contributed by atoms with Crippen LogP contribution >= 0.6 is 11.3 Å². The molecule has 4 rings (SSSR count). The molecule has 0 spiro atoms. The van der Waals surface area contributed by atoms with E-state index >= 15 is 0 Å². The van der Waals surface area contributed by atoms with Crippen molar-refractivity contribution in [3.05, 3.63) is 72.1 Å². The molecule has 0 fully saturated rings. The van der Waals surface area contributed by atoms with Crippen molar-refractivity contribution in [2.75, 3.05) is 18.1 Å². The van der Waals surface area contributed by atoms with E-state index in [-0.39, 0.29) is 5.91 Å². The van der Waals surface area contributed by atoms with Gasteiger partial charge in [-0.2, -0.15) is 5.10 Å². The fourth-order valence-electron chi connectivity index (χ4n) is 3.15. The van der Waals surface area contributed by atoms with E-state index in [1.165, 1.54) is 11.3 Å². The molecule has 7 heteroatoms. The first kappa shape index (κ1) is 19.1. The van der Waals surface area contributed by atoms with E-state index in [1.54, 1.807) is 11.1 Å². The second-order valence-corrected chi connectivity index (χ2v) is 7.64. The summed E-state index contributed by atoms with van der Waals surface area (Å²) in [5.74, 6) is 0.667. The molecule has 0 N–H and O–H groups in total. The molecule has 0 radical (unpaired) electrons. The molecule has 0 saturated carbocycles. The first-order valence-corrected chi connectivity index (χ1v) is 10.4. The summed E-state index contributed by atoms with van der Waals surface area (Å²) >= 11 is 1.49. The van der Waals surface area contributed by atoms with Crippen LogP contribution in [0.15, 0.2) is 60.9 Å². The van der Waals surface area contributed by atoms with Gasteiger partial charge in [0.25, 0.3) is 5.91 Å². The van der Waals surface area contributed by atoms with Crippen molar-refractivity contribution in [3.63, 3.8) is 0 Å². The fourth-order valence-corrected chi connectivity index (χ4v) is 4.16. The van der Waals surface area contributed by atoms with Crippen molar-refractivity contribution in [2.24, 2.45) is 0 Å². The molecule has 0 aliphatic carbocycles. The Morgan fingerprint density at radius 1 is 1.21 bits per heavy atom. The highest BCUT2D eigenvalue weighted by Crippen LogP contribution is 2.34. The van der Waals surface area contributed by atoms with Crippen LogP contribution in [0.25, 0.3) is 10.2 Å². The van der Waals surface area contributed by atoms with Gasteiger partial charge in [-0.3, -0.25) is 14.4 Å². The van der Waals surface area contributed by atoms with Gasteiger partial charge in [-0.05, 0) is 44.2 Å². The summed E-state index contributed by atoms with van der Waals surface area (Å²) in [7, 11) is 0. The minimum absolute atomic E-state index is 0.0714. The lowest BCUT2D eigenvalue weighted by molar-refractivity contribution is 0.0985. The molecule has 2 aromatic heterocycles. The standard InChI is InChI=1S/C22H22N4O2S/c1-3-28-18-9-5-10-19-20(18)24-22(29-19)26(14-13-25-12-6-11-23-25)21(27)17-8-4-7-16(2)15-17/h4-12,15H,3,13-14H2,1-2H3. The highest BCUT2D eigenvalue weighted by atomic mass is 32.1. The Hall–Kier alpha value is -3.19. The molecule has 4 aromatic rings. The van der Waals surface area contributed by atoms with Crippen LogP contribution in [0.4, 0.5) is 5.13 Å². The third-order valence-electron chi connectivity index (χ3n) is 4.52. The molecule has 148 valence electrons. The number of hydrogen-bond donors (Lipinski definition) is 0. The van der Waals surface area contributed by atoms with Crippen LogP contribution < -0.4 is 9.64 Å².